The van der Waals surface area contributed by atoms with Crippen molar-refractivity contribution in [1.29, 1.82) is 5.41 Å². The van der Waals surface area contributed by atoms with Gasteiger partial charge in [0.05, 0.1) is 5.41 Å². The van der Waals surface area contributed by atoms with Crippen LogP contribution in [-0.2, 0) is 5.41 Å². The quantitative estimate of drug-likeness (QED) is 0.193. The molecule has 0 amide bonds. The third-order valence-corrected chi connectivity index (χ3v) is 8.23. The summed E-state index contributed by atoms with van der Waals surface area (Å²) in [5.41, 5.74) is 15.9. The molecule has 0 saturated carbocycles. The number of aliphatic imine (C=N–C) groups is 1. The first-order valence-corrected chi connectivity index (χ1v) is 13.2. The van der Waals surface area contributed by atoms with E-state index in [0.29, 0.717) is 5.84 Å². The molecule has 5 aromatic rings. The van der Waals surface area contributed by atoms with Gasteiger partial charge in [-0.25, -0.2) is 4.99 Å². The maximum atomic E-state index is 8.83. The average molecular weight is 498 g/mol. The van der Waals surface area contributed by atoms with Crippen LogP contribution in [0.5, 0.6) is 0 Å². The molecule has 0 unspecified atom stereocenters. The standard InChI is InChI=1S/C33H27N3S/c1-21-8-13-25(14-9-21)33(26-15-10-22(2)11-16-26)28-18-19-37-30(28)27-17-12-24(20-29(27)33)32(35)36-31(34)23-6-4-3-5-7-23/h3-20H,1-2H3,(H3,34,35,36). The number of thiophene rings is 1. The molecule has 180 valence electrons. The fourth-order valence-corrected chi connectivity index (χ4v) is 6.41. The van der Waals surface area contributed by atoms with E-state index < -0.39 is 5.41 Å². The lowest BCUT2D eigenvalue weighted by molar-refractivity contribution is 0.769. The number of nitrogens with zero attached hydrogens (tertiary/aromatic N) is 1. The number of rotatable bonds is 4. The van der Waals surface area contributed by atoms with E-state index in [9.17, 15) is 0 Å². The fourth-order valence-electron chi connectivity index (χ4n) is 5.41. The summed E-state index contributed by atoms with van der Waals surface area (Å²) in [5.74, 6) is 0.495. The van der Waals surface area contributed by atoms with Gasteiger partial charge in [0.25, 0.3) is 0 Å². The highest BCUT2D eigenvalue weighted by Gasteiger charge is 2.47. The van der Waals surface area contributed by atoms with Crippen LogP contribution >= 0.6 is 11.3 Å². The van der Waals surface area contributed by atoms with E-state index in [0.717, 1.165) is 11.1 Å². The maximum Gasteiger partial charge on any atom is 0.154 e. The minimum Gasteiger partial charge on any atom is -0.383 e. The van der Waals surface area contributed by atoms with Gasteiger partial charge in [-0.15, -0.1) is 11.3 Å². The Morgan fingerprint density at radius 3 is 1.97 bits per heavy atom. The summed E-state index contributed by atoms with van der Waals surface area (Å²) in [4.78, 5) is 5.76. The zero-order valence-electron chi connectivity index (χ0n) is 20.8. The van der Waals surface area contributed by atoms with E-state index in [2.05, 4.69) is 90.9 Å². The molecule has 0 fully saturated rings. The van der Waals surface area contributed by atoms with E-state index in [1.165, 1.54) is 43.8 Å². The second kappa shape index (κ2) is 8.99. The monoisotopic (exact) mass is 497 g/mol. The molecule has 1 heterocycles. The highest BCUT2D eigenvalue weighted by molar-refractivity contribution is 7.14. The number of hydrogen-bond donors (Lipinski definition) is 2. The van der Waals surface area contributed by atoms with Gasteiger partial charge in [0.15, 0.2) is 5.84 Å². The lowest BCUT2D eigenvalue weighted by Crippen LogP contribution is -2.28. The molecular weight excluding hydrogens is 470 g/mol. The summed E-state index contributed by atoms with van der Waals surface area (Å²) in [5, 5.41) is 11.0. The summed E-state index contributed by atoms with van der Waals surface area (Å²) >= 11 is 1.77. The smallest absolute Gasteiger partial charge is 0.154 e. The van der Waals surface area contributed by atoms with Crippen LogP contribution in [0.4, 0.5) is 0 Å². The molecule has 0 saturated heterocycles. The van der Waals surface area contributed by atoms with E-state index in [-0.39, 0.29) is 5.84 Å². The molecule has 3 N–H and O–H groups in total. The van der Waals surface area contributed by atoms with Crippen molar-refractivity contribution in [3.8, 4) is 10.4 Å². The first-order valence-electron chi connectivity index (χ1n) is 12.3. The van der Waals surface area contributed by atoms with E-state index in [4.69, 9.17) is 11.1 Å². The number of fused-ring (bicyclic) bond motifs is 3. The molecule has 1 aromatic heterocycles. The average Bonchev–Trinajstić information content (AvgIpc) is 3.50. The Kier molecular flexibility index (Phi) is 5.62. The Balaban J connectivity index is 1.58. The Hall–Kier alpha value is -4.28. The highest BCUT2D eigenvalue weighted by Crippen LogP contribution is 2.58. The van der Waals surface area contributed by atoms with Gasteiger partial charge in [0.1, 0.15) is 5.84 Å². The van der Waals surface area contributed by atoms with Crippen LogP contribution in [0.15, 0.2) is 114 Å². The van der Waals surface area contributed by atoms with Crippen LogP contribution in [-0.4, -0.2) is 11.7 Å². The number of nitrogens with two attached hydrogens (primary N) is 1. The Bertz CT molecular complexity index is 1600. The molecule has 37 heavy (non-hydrogen) atoms. The van der Waals surface area contributed by atoms with Gasteiger partial charge in [-0.1, -0.05) is 102 Å². The van der Waals surface area contributed by atoms with E-state index in [1.54, 1.807) is 11.3 Å². The molecule has 0 radical (unpaired) electrons. The third kappa shape index (κ3) is 3.73. The van der Waals surface area contributed by atoms with Crippen molar-refractivity contribution in [2.45, 2.75) is 19.3 Å². The van der Waals surface area contributed by atoms with Crippen LogP contribution in [0, 0.1) is 19.3 Å². The number of nitrogens with one attached hydrogen (secondary N) is 1. The van der Waals surface area contributed by atoms with Crippen molar-refractivity contribution in [1.82, 2.24) is 0 Å². The number of aryl methyl sites for hydroxylation is 2. The second-order valence-corrected chi connectivity index (χ2v) is 10.5. The van der Waals surface area contributed by atoms with E-state index in [1.807, 2.05) is 36.4 Å². The molecule has 3 nitrogen and oxygen atoms in total. The van der Waals surface area contributed by atoms with Gasteiger partial charge in [-0.2, -0.15) is 0 Å². The predicted molar refractivity (Wildman–Crippen MR) is 155 cm³/mol. The van der Waals surface area contributed by atoms with Crippen molar-refractivity contribution in [3.63, 3.8) is 0 Å². The molecular formula is C33H27N3S. The second-order valence-electron chi connectivity index (χ2n) is 9.62. The van der Waals surface area contributed by atoms with Crippen LogP contribution in [0.1, 0.15) is 44.5 Å². The Morgan fingerprint density at radius 1 is 0.730 bits per heavy atom. The molecule has 0 aliphatic heterocycles. The zero-order chi connectivity index (χ0) is 25.6. The van der Waals surface area contributed by atoms with Crippen molar-refractivity contribution in [2.24, 2.45) is 10.7 Å². The number of amidine groups is 2. The van der Waals surface area contributed by atoms with Gasteiger partial charge < -0.3 is 5.73 Å². The lowest BCUT2D eigenvalue weighted by Gasteiger charge is -2.33. The van der Waals surface area contributed by atoms with Crippen LogP contribution in [0.3, 0.4) is 0 Å². The summed E-state index contributed by atoms with van der Waals surface area (Å²) in [6.45, 7) is 4.24. The molecule has 4 aromatic carbocycles. The summed E-state index contributed by atoms with van der Waals surface area (Å²) in [7, 11) is 0. The number of hydrogen-bond acceptors (Lipinski definition) is 2. The Morgan fingerprint density at radius 2 is 1.35 bits per heavy atom. The van der Waals surface area contributed by atoms with Crippen molar-refractivity contribution in [2.75, 3.05) is 0 Å². The SMILES string of the molecule is Cc1ccc(C2(c3ccc(C)cc3)c3cc(C(=N)N=C(N)c4ccccc4)ccc3-c3sccc32)cc1. The summed E-state index contributed by atoms with van der Waals surface area (Å²) in [6.07, 6.45) is 0. The molecule has 6 rings (SSSR count). The Labute approximate surface area is 221 Å². The molecule has 0 atom stereocenters. The molecule has 0 bridgehead atoms. The maximum absolute atomic E-state index is 8.83. The van der Waals surface area contributed by atoms with Crippen molar-refractivity contribution in [3.05, 3.63) is 153 Å². The normalized spacial score (nSPS) is 13.7. The van der Waals surface area contributed by atoms with Gasteiger partial charge >= 0.3 is 0 Å². The topological polar surface area (TPSA) is 62.2 Å². The number of benzene rings is 4. The van der Waals surface area contributed by atoms with Crippen LogP contribution in [0.2, 0.25) is 0 Å². The molecule has 4 heteroatoms. The van der Waals surface area contributed by atoms with Crippen molar-refractivity contribution >= 4 is 23.0 Å². The fraction of sp³-hybridized carbons (Fsp3) is 0.0909. The molecule has 1 aliphatic carbocycles. The zero-order valence-corrected chi connectivity index (χ0v) is 21.6. The summed E-state index contributed by atoms with van der Waals surface area (Å²) in [6, 6.07) is 35.9. The van der Waals surface area contributed by atoms with E-state index >= 15 is 0 Å². The van der Waals surface area contributed by atoms with Crippen LogP contribution in [0.25, 0.3) is 10.4 Å². The van der Waals surface area contributed by atoms with Gasteiger partial charge in [-0.05, 0) is 59.2 Å². The van der Waals surface area contributed by atoms with Crippen LogP contribution < -0.4 is 5.73 Å². The summed E-state index contributed by atoms with van der Waals surface area (Å²) < 4.78 is 0. The van der Waals surface area contributed by atoms with Gasteiger partial charge in [0.2, 0.25) is 0 Å². The third-order valence-electron chi connectivity index (χ3n) is 7.28. The molecule has 1 aliphatic rings. The first kappa shape index (κ1) is 23.1. The largest absolute Gasteiger partial charge is 0.383 e. The molecule has 0 spiro atoms. The first-order chi connectivity index (χ1) is 18.0. The minimum absolute atomic E-state index is 0.154. The van der Waals surface area contributed by atoms with Crippen molar-refractivity contribution < 1.29 is 0 Å². The lowest BCUT2D eigenvalue weighted by atomic mass is 9.67. The highest BCUT2D eigenvalue weighted by atomic mass is 32.1. The predicted octanol–water partition coefficient (Wildman–Crippen LogP) is 7.46. The van der Waals surface area contributed by atoms with Gasteiger partial charge in [0, 0.05) is 16.0 Å². The minimum atomic E-state index is -0.475. The van der Waals surface area contributed by atoms with Gasteiger partial charge in [-0.3, -0.25) is 5.41 Å².